The average Bonchev–Trinajstić information content (AvgIpc) is 3.24. The summed E-state index contributed by atoms with van der Waals surface area (Å²) >= 11 is 12.1. The summed E-state index contributed by atoms with van der Waals surface area (Å²) in [7, 11) is 3.23. The standard InChI is InChI=1S/C22H21Cl2N3O3/c1-29-15-6-8-20(30-2)16(13-15)21-19-4-3-9-26(19)10-11-27(21)22(28)25-14-5-7-17(23)18(24)12-14/h3-9,12-13,21H,10-11H2,1-2H3,(H,25,28)/t21-/m1/s1. The first-order chi connectivity index (χ1) is 14.5. The number of fused-ring (bicyclic) bond motifs is 1. The van der Waals surface area contributed by atoms with Gasteiger partial charge in [-0.3, -0.25) is 0 Å². The van der Waals surface area contributed by atoms with E-state index in [2.05, 4.69) is 9.88 Å². The number of urea groups is 1. The lowest BCUT2D eigenvalue weighted by Crippen LogP contribution is -2.44. The van der Waals surface area contributed by atoms with Crippen molar-refractivity contribution in [1.29, 1.82) is 0 Å². The van der Waals surface area contributed by atoms with Gasteiger partial charge in [0.15, 0.2) is 0 Å². The van der Waals surface area contributed by atoms with Crippen LogP contribution in [-0.4, -0.2) is 36.3 Å². The largest absolute Gasteiger partial charge is 0.497 e. The summed E-state index contributed by atoms with van der Waals surface area (Å²) in [6.07, 6.45) is 2.02. The zero-order chi connectivity index (χ0) is 21.3. The average molecular weight is 446 g/mol. The van der Waals surface area contributed by atoms with Crippen molar-refractivity contribution in [3.8, 4) is 11.5 Å². The predicted octanol–water partition coefficient (Wildman–Crippen LogP) is 5.45. The molecule has 3 aromatic rings. The Kier molecular flexibility index (Phi) is 5.79. The molecule has 1 N–H and O–H groups in total. The number of nitrogens with zero attached hydrogens (tertiary/aromatic N) is 2. The third kappa shape index (κ3) is 3.80. The summed E-state index contributed by atoms with van der Waals surface area (Å²) < 4.78 is 13.2. The van der Waals surface area contributed by atoms with Gasteiger partial charge in [0, 0.05) is 36.2 Å². The van der Waals surface area contributed by atoms with Crippen molar-refractivity contribution >= 4 is 34.9 Å². The molecule has 8 heteroatoms. The van der Waals surface area contributed by atoms with Crippen LogP contribution in [0.15, 0.2) is 54.7 Å². The van der Waals surface area contributed by atoms with Crippen molar-refractivity contribution in [2.24, 2.45) is 0 Å². The number of carbonyl (C=O) groups is 1. The fourth-order valence-electron chi connectivity index (χ4n) is 3.75. The lowest BCUT2D eigenvalue weighted by atomic mass is 9.98. The molecular weight excluding hydrogens is 425 g/mol. The maximum atomic E-state index is 13.3. The lowest BCUT2D eigenvalue weighted by Gasteiger charge is -2.37. The molecule has 2 aromatic carbocycles. The number of aromatic nitrogens is 1. The van der Waals surface area contributed by atoms with Crippen molar-refractivity contribution in [3.63, 3.8) is 0 Å². The minimum atomic E-state index is -0.346. The molecule has 4 rings (SSSR count). The normalized spacial score (nSPS) is 15.5. The van der Waals surface area contributed by atoms with E-state index in [0.29, 0.717) is 40.3 Å². The summed E-state index contributed by atoms with van der Waals surface area (Å²) in [4.78, 5) is 15.1. The fraction of sp³-hybridized carbons (Fsp3) is 0.227. The molecule has 156 valence electrons. The van der Waals surface area contributed by atoms with Gasteiger partial charge in [-0.2, -0.15) is 0 Å². The van der Waals surface area contributed by atoms with Crippen LogP contribution in [0.2, 0.25) is 10.0 Å². The van der Waals surface area contributed by atoms with Crippen LogP contribution in [0.5, 0.6) is 11.5 Å². The fourth-order valence-corrected chi connectivity index (χ4v) is 4.05. The van der Waals surface area contributed by atoms with Crippen molar-refractivity contribution in [3.05, 3.63) is 76.0 Å². The molecule has 30 heavy (non-hydrogen) atoms. The first-order valence-electron chi connectivity index (χ1n) is 9.41. The quantitative estimate of drug-likeness (QED) is 0.580. The Labute approximate surface area is 184 Å². The van der Waals surface area contributed by atoms with E-state index in [4.69, 9.17) is 32.7 Å². The third-order valence-corrected chi connectivity index (χ3v) is 5.94. The third-order valence-electron chi connectivity index (χ3n) is 5.20. The number of rotatable bonds is 4. The Morgan fingerprint density at radius 3 is 2.60 bits per heavy atom. The Balaban J connectivity index is 1.73. The van der Waals surface area contributed by atoms with Crippen LogP contribution >= 0.6 is 23.2 Å². The van der Waals surface area contributed by atoms with Crippen LogP contribution in [0, 0.1) is 0 Å². The van der Waals surface area contributed by atoms with E-state index in [9.17, 15) is 4.79 Å². The van der Waals surface area contributed by atoms with Crippen molar-refractivity contribution in [2.45, 2.75) is 12.6 Å². The minimum Gasteiger partial charge on any atom is -0.497 e. The molecule has 0 spiro atoms. The zero-order valence-electron chi connectivity index (χ0n) is 16.6. The molecule has 0 aliphatic carbocycles. The maximum absolute atomic E-state index is 13.3. The van der Waals surface area contributed by atoms with Gasteiger partial charge in [0.25, 0.3) is 0 Å². The second-order valence-electron chi connectivity index (χ2n) is 6.89. The number of methoxy groups -OCH3 is 2. The molecular formula is C22H21Cl2N3O3. The highest BCUT2D eigenvalue weighted by atomic mass is 35.5. The predicted molar refractivity (Wildman–Crippen MR) is 118 cm³/mol. The van der Waals surface area contributed by atoms with Crippen LogP contribution in [0.25, 0.3) is 0 Å². The topological polar surface area (TPSA) is 55.7 Å². The molecule has 0 unspecified atom stereocenters. The van der Waals surface area contributed by atoms with E-state index in [1.54, 1.807) is 37.3 Å². The van der Waals surface area contributed by atoms with Gasteiger partial charge in [0.2, 0.25) is 0 Å². The van der Waals surface area contributed by atoms with Gasteiger partial charge in [-0.25, -0.2) is 4.79 Å². The van der Waals surface area contributed by atoms with Crippen LogP contribution < -0.4 is 14.8 Å². The van der Waals surface area contributed by atoms with Gasteiger partial charge >= 0.3 is 6.03 Å². The molecule has 0 radical (unpaired) electrons. The number of amides is 2. The molecule has 6 nitrogen and oxygen atoms in total. The summed E-state index contributed by atoms with van der Waals surface area (Å²) in [5.41, 5.74) is 2.42. The molecule has 1 aliphatic heterocycles. The first kappa shape index (κ1) is 20.4. The van der Waals surface area contributed by atoms with Gasteiger partial charge in [-0.05, 0) is 48.5 Å². The molecule has 0 bridgehead atoms. The molecule has 2 amide bonds. The maximum Gasteiger partial charge on any atom is 0.322 e. The number of carbonyl (C=O) groups excluding carboxylic acids is 1. The molecule has 1 aromatic heterocycles. The molecule has 0 saturated carbocycles. The van der Waals surface area contributed by atoms with Gasteiger partial charge < -0.3 is 24.3 Å². The van der Waals surface area contributed by atoms with Crippen LogP contribution in [0.1, 0.15) is 17.3 Å². The first-order valence-corrected chi connectivity index (χ1v) is 10.2. The van der Waals surface area contributed by atoms with Gasteiger partial charge in [0.05, 0.1) is 24.3 Å². The van der Waals surface area contributed by atoms with Gasteiger partial charge in [-0.1, -0.05) is 23.2 Å². The molecule has 0 saturated heterocycles. The second-order valence-corrected chi connectivity index (χ2v) is 7.70. The van der Waals surface area contributed by atoms with E-state index < -0.39 is 0 Å². The Morgan fingerprint density at radius 1 is 1.03 bits per heavy atom. The highest BCUT2D eigenvalue weighted by Crippen LogP contribution is 2.39. The van der Waals surface area contributed by atoms with E-state index in [1.807, 2.05) is 36.5 Å². The Morgan fingerprint density at radius 2 is 1.87 bits per heavy atom. The highest BCUT2D eigenvalue weighted by Gasteiger charge is 2.34. The monoisotopic (exact) mass is 445 g/mol. The summed E-state index contributed by atoms with van der Waals surface area (Å²) in [6, 6.07) is 14.0. The van der Waals surface area contributed by atoms with Gasteiger partial charge in [-0.15, -0.1) is 0 Å². The number of halogens is 2. The number of benzene rings is 2. The van der Waals surface area contributed by atoms with Crippen molar-refractivity contribution in [2.75, 3.05) is 26.1 Å². The van der Waals surface area contributed by atoms with Crippen LogP contribution in [-0.2, 0) is 6.54 Å². The molecule has 2 heterocycles. The summed E-state index contributed by atoms with van der Waals surface area (Å²) in [5.74, 6) is 1.38. The summed E-state index contributed by atoms with van der Waals surface area (Å²) in [5, 5.41) is 3.75. The SMILES string of the molecule is COc1ccc(OC)c([C@@H]2c3cccn3CCN2C(=O)Nc2ccc(Cl)c(Cl)c2)c1. The number of hydrogen-bond donors (Lipinski definition) is 1. The van der Waals surface area contributed by atoms with Crippen LogP contribution in [0.4, 0.5) is 10.5 Å². The molecule has 1 aliphatic rings. The lowest BCUT2D eigenvalue weighted by molar-refractivity contribution is 0.180. The Hall–Kier alpha value is -2.83. The number of anilines is 1. The number of nitrogens with one attached hydrogen (secondary N) is 1. The number of hydrogen-bond acceptors (Lipinski definition) is 3. The van der Waals surface area contributed by atoms with Gasteiger partial charge in [0.1, 0.15) is 17.5 Å². The molecule has 0 fully saturated rings. The Bertz CT molecular complexity index is 1080. The van der Waals surface area contributed by atoms with E-state index in [-0.39, 0.29) is 12.1 Å². The van der Waals surface area contributed by atoms with Crippen molar-refractivity contribution in [1.82, 2.24) is 9.47 Å². The van der Waals surface area contributed by atoms with E-state index >= 15 is 0 Å². The second kappa shape index (κ2) is 8.50. The van der Waals surface area contributed by atoms with E-state index in [0.717, 1.165) is 11.3 Å². The van der Waals surface area contributed by atoms with Crippen molar-refractivity contribution < 1.29 is 14.3 Å². The van der Waals surface area contributed by atoms with E-state index in [1.165, 1.54) is 0 Å². The highest BCUT2D eigenvalue weighted by molar-refractivity contribution is 6.42. The summed E-state index contributed by atoms with van der Waals surface area (Å²) in [6.45, 7) is 1.22. The number of ether oxygens (including phenoxy) is 2. The minimum absolute atomic E-state index is 0.240. The molecule has 1 atom stereocenters. The van der Waals surface area contributed by atoms with Crippen LogP contribution in [0.3, 0.4) is 0 Å². The smallest absolute Gasteiger partial charge is 0.322 e. The zero-order valence-corrected chi connectivity index (χ0v) is 18.1.